The molecular formula is C15H23ClN2O. The van der Waals surface area contributed by atoms with E-state index in [1.165, 1.54) is 0 Å². The normalized spacial score (nSPS) is 20.7. The molecule has 0 bridgehead atoms. The van der Waals surface area contributed by atoms with Gasteiger partial charge in [-0.1, -0.05) is 30.7 Å². The first kappa shape index (κ1) is 14.6. The van der Waals surface area contributed by atoms with E-state index < -0.39 is 0 Å². The van der Waals surface area contributed by atoms with Crippen molar-refractivity contribution in [2.75, 3.05) is 0 Å². The molecule has 1 aromatic heterocycles. The topological polar surface area (TPSA) is 38.0 Å². The highest BCUT2D eigenvalue weighted by Crippen LogP contribution is 2.28. The van der Waals surface area contributed by atoms with Crippen LogP contribution in [-0.2, 0) is 19.4 Å². The summed E-state index contributed by atoms with van der Waals surface area (Å²) in [5, 5.41) is 15.7. The molecule has 0 saturated heterocycles. The molecule has 0 aromatic carbocycles. The van der Waals surface area contributed by atoms with Gasteiger partial charge in [-0.15, -0.1) is 0 Å². The second-order valence-corrected chi connectivity index (χ2v) is 5.57. The standard InChI is InChI=1S/C15H23ClN2O/c1-3-12-15(16)13(18(4-2)17-12)10-14(19)11-8-6-5-7-9-11/h5-6,11,14,19H,3-4,7-10H2,1-2H3. The van der Waals surface area contributed by atoms with Gasteiger partial charge in [0, 0.05) is 13.0 Å². The summed E-state index contributed by atoms with van der Waals surface area (Å²) in [4.78, 5) is 0. The molecule has 0 spiro atoms. The summed E-state index contributed by atoms with van der Waals surface area (Å²) in [6.07, 6.45) is 8.60. The van der Waals surface area contributed by atoms with E-state index in [2.05, 4.69) is 31.1 Å². The van der Waals surface area contributed by atoms with E-state index >= 15 is 0 Å². The van der Waals surface area contributed by atoms with Crippen LogP contribution in [0.5, 0.6) is 0 Å². The molecule has 1 aromatic rings. The molecule has 0 amide bonds. The monoisotopic (exact) mass is 282 g/mol. The third kappa shape index (κ3) is 3.21. The van der Waals surface area contributed by atoms with Crippen molar-refractivity contribution in [3.8, 4) is 0 Å². The van der Waals surface area contributed by atoms with E-state index in [1.807, 2.05) is 4.68 Å². The van der Waals surface area contributed by atoms with Crippen LogP contribution < -0.4 is 0 Å². The SMILES string of the molecule is CCc1nn(CC)c(CC(O)C2CC=CCC2)c1Cl. The Morgan fingerprint density at radius 3 is 2.84 bits per heavy atom. The molecule has 1 aliphatic rings. The molecule has 2 rings (SSSR count). The molecule has 0 aliphatic heterocycles. The van der Waals surface area contributed by atoms with E-state index in [4.69, 9.17) is 11.6 Å². The van der Waals surface area contributed by atoms with Gasteiger partial charge in [0.05, 0.1) is 22.5 Å². The quantitative estimate of drug-likeness (QED) is 0.841. The second-order valence-electron chi connectivity index (χ2n) is 5.19. The Kier molecular flexibility index (Phi) is 5.06. The van der Waals surface area contributed by atoms with Crippen LogP contribution in [0.25, 0.3) is 0 Å². The Hall–Kier alpha value is -0.800. The fourth-order valence-corrected chi connectivity index (χ4v) is 3.09. The van der Waals surface area contributed by atoms with Crippen molar-refractivity contribution >= 4 is 11.6 Å². The first-order valence-electron chi connectivity index (χ1n) is 7.24. The highest BCUT2D eigenvalue weighted by atomic mass is 35.5. The average Bonchev–Trinajstić information content (AvgIpc) is 2.76. The number of hydrogen-bond donors (Lipinski definition) is 1. The smallest absolute Gasteiger partial charge is 0.0850 e. The maximum Gasteiger partial charge on any atom is 0.0850 e. The second kappa shape index (κ2) is 6.58. The van der Waals surface area contributed by atoms with E-state index in [-0.39, 0.29) is 6.10 Å². The van der Waals surface area contributed by atoms with Gasteiger partial charge in [-0.25, -0.2) is 0 Å². The molecule has 1 heterocycles. The van der Waals surface area contributed by atoms with Crippen molar-refractivity contribution in [1.29, 1.82) is 0 Å². The van der Waals surface area contributed by atoms with Crippen molar-refractivity contribution in [2.24, 2.45) is 5.92 Å². The van der Waals surface area contributed by atoms with E-state index in [0.717, 1.165) is 48.6 Å². The number of allylic oxidation sites excluding steroid dienone is 2. The summed E-state index contributed by atoms with van der Waals surface area (Å²) in [6.45, 7) is 4.91. The number of aryl methyl sites for hydroxylation is 2. The lowest BCUT2D eigenvalue weighted by atomic mass is 9.87. The molecule has 2 unspecified atom stereocenters. The molecule has 1 N–H and O–H groups in total. The summed E-state index contributed by atoms with van der Waals surface area (Å²) in [7, 11) is 0. The summed E-state index contributed by atoms with van der Waals surface area (Å²) in [6, 6.07) is 0. The van der Waals surface area contributed by atoms with Gasteiger partial charge in [-0.2, -0.15) is 5.10 Å². The van der Waals surface area contributed by atoms with Crippen LogP contribution in [0.3, 0.4) is 0 Å². The van der Waals surface area contributed by atoms with Crippen LogP contribution in [0.4, 0.5) is 0 Å². The Morgan fingerprint density at radius 2 is 2.26 bits per heavy atom. The maximum atomic E-state index is 10.4. The zero-order chi connectivity index (χ0) is 13.8. The van der Waals surface area contributed by atoms with Gasteiger partial charge in [-0.3, -0.25) is 4.68 Å². The van der Waals surface area contributed by atoms with Crippen LogP contribution in [0.15, 0.2) is 12.2 Å². The zero-order valence-corrected chi connectivity index (χ0v) is 12.5. The molecule has 0 saturated carbocycles. The fourth-order valence-electron chi connectivity index (χ4n) is 2.74. The molecule has 4 heteroatoms. The fraction of sp³-hybridized carbons (Fsp3) is 0.667. The number of hydrogen-bond acceptors (Lipinski definition) is 2. The molecule has 2 atom stereocenters. The Balaban J connectivity index is 2.13. The van der Waals surface area contributed by atoms with Gasteiger partial charge in [0.2, 0.25) is 0 Å². The highest BCUT2D eigenvalue weighted by molar-refractivity contribution is 6.31. The Morgan fingerprint density at radius 1 is 1.47 bits per heavy atom. The lowest BCUT2D eigenvalue weighted by Crippen LogP contribution is -2.25. The Labute approximate surface area is 120 Å². The van der Waals surface area contributed by atoms with Crippen LogP contribution in [-0.4, -0.2) is 21.0 Å². The number of halogens is 1. The summed E-state index contributed by atoms with van der Waals surface area (Å²) < 4.78 is 1.93. The number of nitrogens with zero attached hydrogens (tertiary/aromatic N) is 2. The first-order chi connectivity index (χ1) is 9.17. The predicted octanol–water partition coefficient (Wildman–Crippen LogP) is 3.38. The van der Waals surface area contributed by atoms with Crippen molar-refractivity contribution in [1.82, 2.24) is 9.78 Å². The third-order valence-corrected chi connectivity index (χ3v) is 4.39. The lowest BCUT2D eigenvalue weighted by molar-refractivity contribution is 0.100. The zero-order valence-electron chi connectivity index (χ0n) is 11.8. The van der Waals surface area contributed by atoms with Crippen molar-refractivity contribution in [3.63, 3.8) is 0 Å². The predicted molar refractivity (Wildman–Crippen MR) is 78.5 cm³/mol. The van der Waals surface area contributed by atoms with Gasteiger partial charge in [0.25, 0.3) is 0 Å². The highest BCUT2D eigenvalue weighted by Gasteiger charge is 2.23. The third-order valence-electron chi connectivity index (χ3n) is 3.95. The minimum atomic E-state index is -0.325. The number of aromatic nitrogens is 2. The number of rotatable bonds is 5. The summed E-state index contributed by atoms with van der Waals surface area (Å²) >= 11 is 6.38. The van der Waals surface area contributed by atoms with Gasteiger partial charge < -0.3 is 5.11 Å². The minimum absolute atomic E-state index is 0.325. The van der Waals surface area contributed by atoms with Gasteiger partial charge in [0.1, 0.15) is 0 Å². The van der Waals surface area contributed by atoms with Crippen LogP contribution >= 0.6 is 11.6 Å². The molecule has 0 fully saturated rings. The Bertz CT molecular complexity index is 453. The van der Waals surface area contributed by atoms with Crippen LogP contribution in [0, 0.1) is 5.92 Å². The molecule has 3 nitrogen and oxygen atoms in total. The van der Waals surface area contributed by atoms with Crippen molar-refractivity contribution < 1.29 is 5.11 Å². The number of aliphatic hydroxyl groups is 1. The summed E-state index contributed by atoms with van der Waals surface area (Å²) in [5.74, 6) is 0.353. The molecule has 0 radical (unpaired) electrons. The molecule has 19 heavy (non-hydrogen) atoms. The number of aliphatic hydroxyl groups excluding tert-OH is 1. The van der Waals surface area contributed by atoms with Gasteiger partial charge in [0.15, 0.2) is 0 Å². The van der Waals surface area contributed by atoms with E-state index in [9.17, 15) is 5.11 Å². The minimum Gasteiger partial charge on any atom is -0.392 e. The first-order valence-corrected chi connectivity index (χ1v) is 7.62. The van der Waals surface area contributed by atoms with Crippen LogP contribution in [0.2, 0.25) is 5.02 Å². The van der Waals surface area contributed by atoms with Crippen molar-refractivity contribution in [3.05, 3.63) is 28.6 Å². The largest absolute Gasteiger partial charge is 0.392 e. The van der Waals surface area contributed by atoms with Gasteiger partial charge in [-0.05, 0) is 38.5 Å². The van der Waals surface area contributed by atoms with E-state index in [1.54, 1.807) is 0 Å². The van der Waals surface area contributed by atoms with Crippen LogP contribution in [0.1, 0.15) is 44.5 Å². The molecule has 1 aliphatic carbocycles. The molecule has 106 valence electrons. The molecular weight excluding hydrogens is 260 g/mol. The van der Waals surface area contributed by atoms with Gasteiger partial charge >= 0.3 is 0 Å². The average molecular weight is 283 g/mol. The lowest BCUT2D eigenvalue weighted by Gasteiger charge is -2.24. The maximum absolute atomic E-state index is 10.4. The van der Waals surface area contributed by atoms with Crippen molar-refractivity contribution in [2.45, 2.75) is 58.6 Å². The van der Waals surface area contributed by atoms with E-state index in [0.29, 0.717) is 12.3 Å². The summed E-state index contributed by atoms with van der Waals surface area (Å²) in [5.41, 5.74) is 1.93.